The lowest BCUT2D eigenvalue weighted by molar-refractivity contribution is -0.379. The Kier molecular flexibility index (Phi) is 33.8. The number of nitrogens with one attached hydrogen (secondary N) is 1. The smallest absolute Gasteiger partial charge is 0.220 e. The number of rotatable bonds is 37. The maximum atomic E-state index is 13.2. The van der Waals surface area contributed by atoms with Crippen LogP contribution in [0.25, 0.3) is 0 Å². The Balaban J connectivity index is 1.57. The molecule has 1 amide bonds. The SMILES string of the molecule is CC/C=C\C/C=C\C/C=C\C/C=C\CCCCC(=O)NC(COC1OC(CO)C(OC2OC(CO)C(OC3OC(CO)C(O)C(O)C3O)C(O)C2O)C(O)C1O)C(O)/C=C/CCCCCCCCCCCCC. The van der Waals surface area contributed by atoms with Gasteiger partial charge in [0.15, 0.2) is 18.9 Å². The molecule has 17 atom stereocenters. The van der Waals surface area contributed by atoms with E-state index in [-0.39, 0.29) is 18.9 Å². The van der Waals surface area contributed by atoms with Gasteiger partial charge in [0.2, 0.25) is 5.91 Å². The van der Waals surface area contributed by atoms with Gasteiger partial charge >= 0.3 is 0 Å². The molecule has 0 saturated carbocycles. The third-order valence-corrected chi connectivity index (χ3v) is 13.3. The van der Waals surface area contributed by atoms with Gasteiger partial charge in [-0.05, 0) is 57.8 Å². The van der Waals surface area contributed by atoms with Gasteiger partial charge in [-0.25, -0.2) is 0 Å². The van der Waals surface area contributed by atoms with Crippen LogP contribution in [0, 0.1) is 0 Å². The highest BCUT2D eigenvalue weighted by Gasteiger charge is 2.53. The fraction of sp³-hybridized carbons (Fsp3) is 0.796. The van der Waals surface area contributed by atoms with Crippen LogP contribution in [0.1, 0.15) is 142 Å². The Morgan fingerprint density at radius 1 is 0.507 bits per heavy atom. The van der Waals surface area contributed by atoms with E-state index in [0.29, 0.717) is 6.42 Å². The van der Waals surface area contributed by atoms with Crippen LogP contribution in [0.3, 0.4) is 0 Å². The van der Waals surface area contributed by atoms with Crippen LogP contribution in [0.15, 0.2) is 60.8 Å². The molecule has 12 N–H and O–H groups in total. The summed E-state index contributed by atoms with van der Waals surface area (Å²) < 4.78 is 34.1. The van der Waals surface area contributed by atoms with E-state index in [4.69, 9.17) is 28.4 Å². The van der Waals surface area contributed by atoms with Gasteiger partial charge in [0, 0.05) is 6.42 Å². The molecule has 3 heterocycles. The minimum absolute atomic E-state index is 0.188. The van der Waals surface area contributed by atoms with Gasteiger partial charge in [0.05, 0.1) is 38.6 Å². The van der Waals surface area contributed by atoms with Crippen molar-refractivity contribution < 1.29 is 89.4 Å². The molecule has 0 spiro atoms. The number of hydrogen-bond acceptors (Lipinski definition) is 18. The Hall–Kier alpha value is -2.51. The van der Waals surface area contributed by atoms with Crippen LogP contribution in [0.4, 0.5) is 0 Å². The normalized spacial score (nSPS) is 32.2. The van der Waals surface area contributed by atoms with Gasteiger partial charge in [-0.15, -0.1) is 0 Å². The molecule has 19 heteroatoms. The van der Waals surface area contributed by atoms with E-state index >= 15 is 0 Å². The lowest BCUT2D eigenvalue weighted by atomic mass is 9.96. The van der Waals surface area contributed by atoms with Crippen LogP contribution in [0.5, 0.6) is 0 Å². The molecule has 3 fully saturated rings. The number of aliphatic hydroxyl groups excluding tert-OH is 11. The second-order valence-electron chi connectivity index (χ2n) is 19.3. The molecule has 0 bridgehead atoms. The van der Waals surface area contributed by atoms with E-state index in [2.05, 4.69) is 67.8 Å². The van der Waals surface area contributed by atoms with Gasteiger partial charge < -0.3 is 89.9 Å². The fourth-order valence-electron chi connectivity index (χ4n) is 8.83. The van der Waals surface area contributed by atoms with Crippen molar-refractivity contribution in [2.45, 2.75) is 247 Å². The molecule has 0 aromatic rings. The lowest BCUT2D eigenvalue weighted by Gasteiger charge is -2.48. The van der Waals surface area contributed by atoms with Gasteiger partial charge in [-0.2, -0.15) is 0 Å². The summed E-state index contributed by atoms with van der Waals surface area (Å²) in [5.74, 6) is -0.321. The van der Waals surface area contributed by atoms with E-state index in [1.54, 1.807) is 6.08 Å². The second-order valence-corrected chi connectivity index (χ2v) is 19.3. The number of amides is 1. The van der Waals surface area contributed by atoms with E-state index in [1.165, 1.54) is 51.4 Å². The molecule has 0 aromatic carbocycles. The maximum Gasteiger partial charge on any atom is 0.220 e. The van der Waals surface area contributed by atoms with Gasteiger partial charge in [0.1, 0.15) is 73.2 Å². The van der Waals surface area contributed by atoms with Crippen molar-refractivity contribution in [1.29, 1.82) is 0 Å². The molecular formula is C54H93NO18. The van der Waals surface area contributed by atoms with E-state index in [9.17, 15) is 61.0 Å². The minimum atomic E-state index is -1.98. The number of carbonyl (C=O) groups is 1. The molecule has 0 aliphatic carbocycles. The average molecular weight is 1040 g/mol. The van der Waals surface area contributed by atoms with Crippen molar-refractivity contribution >= 4 is 5.91 Å². The third kappa shape index (κ3) is 23.3. The Morgan fingerprint density at radius 2 is 0.945 bits per heavy atom. The van der Waals surface area contributed by atoms with Crippen LogP contribution in [0.2, 0.25) is 0 Å². The highest BCUT2D eigenvalue weighted by Crippen LogP contribution is 2.33. The van der Waals surface area contributed by atoms with Gasteiger partial charge in [-0.3, -0.25) is 4.79 Å². The molecule has 3 saturated heterocycles. The number of ether oxygens (including phenoxy) is 6. The van der Waals surface area contributed by atoms with Crippen LogP contribution < -0.4 is 5.32 Å². The summed E-state index contributed by atoms with van der Waals surface area (Å²) in [6.45, 7) is 1.52. The minimum Gasteiger partial charge on any atom is -0.394 e. The molecule has 19 nitrogen and oxygen atoms in total. The molecule has 0 radical (unpaired) electrons. The van der Waals surface area contributed by atoms with Crippen molar-refractivity contribution in [3.63, 3.8) is 0 Å². The molecule has 422 valence electrons. The first-order valence-electron chi connectivity index (χ1n) is 27.0. The predicted molar refractivity (Wildman–Crippen MR) is 272 cm³/mol. The zero-order valence-electron chi connectivity index (χ0n) is 43.3. The van der Waals surface area contributed by atoms with Crippen LogP contribution in [-0.2, 0) is 33.2 Å². The molecule has 73 heavy (non-hydrogen) atoms. The van der Waals surface area contributed by atoms with Crippen LogP contribution in [-0.4, -0.2) is 193 Å². The monoisotopic (exact) mass is 1040 g/mol. The highest BCUT2D eigenvalue weighted by atomic mass is 16.8. The molecule has 3 aliphatic rings. The van der Waals surface area contributed by atoms with Crippen LogP contribution >= 0.6 is 0 Å². The molecule has 0 aromatic heterocycles. The van der Waals surface area contributed by atoms with Gasteiger partial charge in [0.25, 0.3) is 0 Å². The quantitative estimate of drug-likeness (QED) is 0.0315. The number of carbonyl (C=O) groups excluding carboxylic acids is 1. The summed E-state index contributed by atoms with van der Waals surface area (Å²) in [5.41, 5.74) is 0. The summed E-state index contributed by atoms with van der Waals surface area (Å²) in [5, 5.41) is 120. The van der Waals surface area contributed by atoms with Crippen molar-refractivity contribution in [2.75, 3.05) is 26.4 Å². The number of unbranched alkanes of at least 4 members (excludes halogenated alkanes) is 13. The topological polar surface area (TPSA) is 307 Å². The largest absolute Gasteiger partial charge is 0.394 e. The second kappa shape index (κ2) is 38.1. The maximum absolute atomic E-state index is 13.2. The lowest BCUT2D eigenvalue weighted by Crippen LogP contribution is -2.66. The van der Waals surface area contributed by atoms with Crippen molar-refractivity contribution in [3.05, 3.63) is 60.8 Å². The van der Waals surface area contributed by atoms with E-state index in [1.807, 2.05) is 6.08 Å². The van der Waals surface area contributed by atoms with Crippen molar-refractivity contribution in [2.24, 2.45) is 0 Å². The molecular weight excluding hydrogens is 951 g/mol. The average Bonchev–Trinajstić information content (AvgIpc) is 3.39. The first-order valence-corrected chi connectivity index (χ1v) is 27.0. The number of allylic oxidation sites excluding steroid dienone is 9. The zero-order valence-corrected chi connectivity index (χ0v) is 43.3. The summed E-state index contributed by atoms with van der Waals surface area (Å²) in [4.78, 5) is 13.2. The highest BCUT2D eigenvalue weighted by molar-refractivity contribution is 5.76. The Bertz CT molecular complexity index is 1580. The summed E-state index contributed by atoms with van der Waals surface area (Å²) in [6, 6.07) is -0.995. The summed E-state index contributed by atoms with van der Waals surface area (Å²) in [7, 11) is 0. The van der Waals surface area contributed by atoms with Crippen molar-refractivity contribution in [1.82, 2.24) is 5.32 Å². The fourth-order valence-corrected chi connectivity index (χ4v) is 8.83. The molecule has 3 rings (SSSR count). The Labute approximate surface area is 433 Å². The first-order chi connectivity index (χ1) is 35.3. The van der Waals surface area contributed by atoms with Gasteiger partial charge in [-0.1, -0.05) is 139 Å². The third-order valence-electron chi connectivity index (χ3n) is 13.3. The molecule has 3 aliphatic heterocycles. The molecule has 17 unspecified atom stereocenters. The van der Waals surface area contributed by atoms with E-state index in [0.717, 1.165) is 64.2 Å². The van der Waals surface area contributed by atoms with E-state index < -0.39 is 124 Å². The summed E-state index contributed by atoms with van der Waals surface area (Å²) in [6.07, 6.45) is 13.6. The predicted octanol–water partition coefficient (Wildman–Crippen LogP) is 2.92. The standard InChI is InChI=1S/C54H93NO18/c1-3-5-7-9-11-13-15-17-18-20-22-24-26-28-30-32-42(60)55-37(38(59)31-29-27-25-23-21-19-16-14-12-10-8-6-4-2)36-68-52-48(66)45(63)50(40(34-57)70-52)73-54-49(67)46(64)51(41(35-58)71-54)72-53-47(65)44(62)43(61)39(33-56)69-53/h5,7,11,13,17-18,22,24,29,31,37-41,43-54,56-59,61-67H,3-4,6,8-10,12,14-16,19-21,23,25-28,30,32-36H2,1-2H3,(H,55,60)/b7-5-,13-11-,18-17-,24-22-,31-29+. The zero-order chi connectivity index (χ0) is 53.4. The Morgan fingerprint density at radius 3 is 1.48 bits per heavy atom. The van der Waals surface area contributed by atoms with Crippen molar-refractivity contribution in [3.8, 4) is 0 Å². The summed E-state index contributed by atoms with van der Waals surface area (Å²) >= 11 is 0. The number of aliphatic hydroxyl groups is 11. The number of hydrogen-bond donors (Lipinski definition) is 12. The first kappa shape index (κ1) is 64.8.